The minimum Gasteiger partial charge on any atom is -0.431 e. The second kappa shape index (κ2) is 12.0. The summed E-state index contributed by atoms with van der Waals surface area (Å²) in [5, 5.41) is 14.0. The summed E-state index contributed by atoms with van der Waals surface area (Å²) in [6.45, 7) is 0.858. The van der Waals surface area contributed by atoms with Gasteiger partial charge in [0.05, 0.1) is 17.7 Å². The Labute approximate surface area is 228 Å². The highest BCUT2D eigenvalue weighted by molar-refractivity contribution is 5.95. The standard InChI is InChI=1S/C27H26FN5O7/c28-23-15-29-26(31-25(23)17-2-1-3-20(14-17)32-12-13-38-16-24(32)34)30-18-4-8-21(9-5-18)39-27(35)40-22-10-6-19(7-11-22)33(36)37/h1-3,6-7,10-11,14-15,18,21H,4-5,8-9,12-13,16H2,(H,29,30,31). The number of amides is 1. The molecule has 2 aromatic carbocycles. The Morgan fingerprint density at radius 2 is 1.93 bits per heavy atom. The van der Waals surface area contributed by atoms with Gasteiger partial charge in [0, 0.05) is 36.0 Å². The molecule has 0 radical (unpaired) electrons. The predicted molar refractivity (Wildman–Crippen MR) is 140 cm³/mol. The lowest BCUT2D eigenvalue weighted by Crippen LogP contribution is -2.41. The molecule has 2 fully saturated rings. The molecule has 208 valence electrons. The largest absolute Gasteiger partial charge is 0.514 e. The van der Waals surface area contributed by atoms with E-state index in [9.17, 15) is 24.1 Å². The number of nitro benzene ring substituents is 1. The second-order valence-corrected chi connectivity index (χ2v) is 9.38. The van der Waals surface area contributed by atoms with Crippen LogP contribution < -0.4 is 15.0 Å². The summed E-state index contributed by atoms with van der Waals surface area (Å²) in [6.07, 6.45) is 2.32. The number of hydrogen-bond acceptors (Lipinski definition) is 10. The summed E-state index contributed by atoms with van der Waals surface area (Å²) in [5.74, 6) is -0.323. The number of non-ortho nitro benzene ring substituents is 1. The van der Waals surface area contributed by atoms with E-state index in [1.807, 2.05) is 0 Å². The Morgan fingerprint density at radius 1 is 1.15 bits per heavy atom. The first-order valence-electron chi connectivity index (χ1n) is 12.8. The van der Waals surface area contributed by atoms with Crippen molar-refractivity contribution in [1.29, 1.82) is 0 Å². The number of halogens is 1. The summed E-state index contributed by atoms with van der Waals surface area (Å²) in [7, 11) is 0. The van der Waals surface area contributed by atoms with Gasteiger partial charge < -0.3 is 24.4 Å². The molecule has 3 aromatic rings. The van der Waals surface area contributed by atoms with Crippen molar-refractivity contribution >= 4 is 29.4 Å². The van der Waals surface area contributed by atoms with Gasteiger partial charge in [0.1, 0.15) is 24.2 Å². The first-order valence-corrected chi connectivity index (χ1v) is 12.8. The third kappa shape index (κ3) is 6.49. The van der Waals surface area contributed by atoms with Gasteiger partial charge in [0.2, 0.25) is 5.95 Å². The molecular formula is C27H26FN5O7. The maximum atomic E-state index is 14.7. The van der Waals surface area contributed by atoms with Crippen molar-refractivity contribution in [3.05, 3.63) is 70.7 Å². The van der Waals surface area contributed by atoms with Crippen LogP contribution in [0.25, 0.3) is 11.3 Å². The number of nitro groups is 1. The Bertz CT molecular complexity index is 1400. The summed E-state index contributed by atoms with van der Waals surface area (Å²) in [6, 6.07) is 12.1. The Morgan fingerprint density at radius 3 is 2.65 bits per heavy atom. The fourth-order valence-electron chi connectivity index (χ4n) is 4.65. The van der Waals surface area contributed by atoms with Gasteiger partial charge in [-0.2, -0.15) is 0 Å². The molecule has 2 heterocycles. The van der Waals surface area contributed by atoms with E-state index >= 15 is 0 Å². The third-order valence-corrected chi connectivity index (χ3v) is 6.68. The van der Waals surface area contributed by atoms with Crippen LogP contribution in [0.4, 0.5) is 26.5 Å². The molecule has 40 heavy (non-hydrogen) atoms. The van der Waals surface area contributed by atoms with E-state index in [4.69, 9.17) is 14.2 Å². The number of rotatable bonds is 7. The minimum atomic E-state index is -0.877. The number of hydrogen-bond donors (Lipinski definition) is 1. The van der Waals surface area contributed by atoms with Gasteiger partial charge in [-0.25, -0.2) is 19.2 Å². The number of ether oxygens (including phenoxy) is 3. The molecule has 0 spiro atoms. The van der Waals surface area contributed by atoms with Gasteiger partial charge in [-0.15, -0.1) is 0 Å². The number of carbonyl (C=O) groups is 2. The predicted octanol–water partition coefficient (Wildman–Crippen LogP) is 4.49. The molecule has 1 saturated heterocycles. The molecule has 0 unspecified atom stereocenters. The number of aromatic nitrogens is 2. The fraction of sp³-hybridized carbons (Fsp3) is 0.333. The van der Waals surface area contributed by atoms with Crippen molar-refractivity contribution in [3.8, 4) is 17.0 Å². The van der Waals surface area contributed by atoms with E-state index < -0.39 is 16.9 Å². The molecule has 13 heteroatoms. The molecular weight excluding hydrogens is 525 g/mol. The zero-order valence-corrected chi connectivity index (χ0v) is 21.3. The van der Waals surface area contributed by atoms with Gasteiger partial charge in [-0.05, 0) is 49.9 Å². The molecule has 1 N–H and O–H groups in total. The molecule has 5 rings (SSSR count). The molecule has 2 aliphatic rings. The highest BCUT2D eigenvalue weighted by Gasteiger charge is 2.26. The average molecular weight is 552 g/mol. The van der Waals surface area contributed by atoms with Gasteiger partial charge in [-0.3, -0.25) is 14.9 Å². The summed E-state index contributed by atoms with van der Waals surface area (Å²) < 4.78 is 30.4. The highest BCUT2D eigenvalue weighted by atomic mass is 19.1. The Hall–Kier alpha value is -4.65. The highest BCUT2D eigenvalue weighted by Crippen LogP contribution is 2.28. The van der Waals surface area contributed by atoms with Gasteiger partial charge in [0.25, 0.3) is 11.6 Å². The van der Waals surface area contributed by atoms with Crippen LogP contribution in [0.15, 0.2) is 54.7 Å². The third-order valence-electron chi connectivity index (χ3n) is 6.68. The topological polar surface area (TPSA) is 146 Å². The first kappa shape index (κ1) is 26.9. The number of nitrogens with zero attached hydrogens (tertiary/aromatic N) is 4. The molecule has 12 nitrogen and oxygen atoms in total. The lowest BCUT2D eigenvalue weighted by molar-refractivity contribution is -0.384. The van der Waals surface area contributed by atoms with Gasteiger partial charge in [-0.1, -0.05) is 12.1 Å². The van der Waals surface area contributed by atoms with Crippen molar-refractivity contribution in [2.24, 2.45) is 0 Å². The smallest absolute Gasteiger partial charge is 0.431 e. The molecule has 1 amide bonds. The summed E-state index contributed by atoms with van der Waals surface area (Å²) in [5.41, 5.74) is 1.17. The number of carbonyl (C=O) groups excluding carboxylic acids is 2. The monoisotopic (exact) mass is 551 g/mol. The lowest BCUT2D eigenvalue weighted by atomic mass is 9.93. The average Bonchev–Trinajstić information content (AvgIpc) is 2.96. The number of benzene rings is 2. The van der Waals surface area contributed by atoms with Crippen LogP contribution in [0.1, 0.15) is 25.7 Å². The number of anilines is 2. The van der Waals surface area contributed by atoms with E-state index in [-0.39, 0.29) is 47.7 Å². The van der Waals surface area contributed by atoms with E-state index in [1.54, 1.807) is 29.2 Å². The zero-order valence-electron chi connectivity index (χ0n) is 21.3. The summed E-state index contributed by atoms with van der Waals surface area (Å²) in [4.78, 5) is 44.7. The Balaban J connectivity index is 1.16. The van der Waals surface area contributed by atoms with Gasteiger partial charge >= 0.3 is 6.16 Å². The quantitative estimate of drug-likeness (QED) is 0.193. The zero-order chi connectivity index (χ0) is 28.1. The van der Waals surface area contributed by atoms with Crippen LogP contribution in [0.2, 0.25) is 0 Å². The Kier molecular flexibility index (Phi) is 8.10. The first-order chi connectivity index (χ1) is 19.4. The normalized spacial score (nSPS) is 19.1. The second-order valence-electron chi connectivity index (χ2n) is 9.38. The van der Waals surface area contributed by atoms with Crippen molar-refractivity contribution < 1.29 is 33.1 Å². The van der Waals surface area contributed by atoms with Crippen LogP contribution >= 0.6 is 0 Å². The molecule has 0 atom stereocenters. The lowest BCUT2D eigenvalue weighted by Gasteiger charge is -2.28. The van der Waals surface area contributed by atoms with Crippen molar-refractivity contribution in [1.82, 2.24) is 9.97 Å². The SMILES string of the molecule is O=C(Oc1ccc([N+](=O)[O-])cc1)OC1CCC(Nc2ncc(F)c(-c3cccc(N4CCOCC4=O)c3)n2)CC1. The van der Waals surface area contributed by atoms with E-state index in [0.717, 1.165) is 6.20 Å². The number of morpholine rings is 1. The maximum Gasteiger partial charge on any atom is 0.514 e. The van der Waals surface area contributed by atoms with Crippen LogP contribution in [0.5, 0.6) is 5.75 Å². The van der Waals surface area contributed by atoms with Crippen LogP contribution in [0, 0.1) is 15.9 Å². The van der Waals surface area contributed by atoms with Crippen LogP contribution in [0.3, 0.4) is 0 Å². The fourth-order valence-corrected chi connectivity index (χ4v) is 4.65. The van der Waals surface area contributed by atoms with Gasteiger partial charge in [0.15, 0.2) is 5.82 Å². The molecule has 1 aromatic heterocycles. The van der Waals surface area contributed by atoms with Crippen LogP contribution in [-0.4, -0.2) is 58.9 Å². The maximum absolute atomic E-state index is 14.7. The van der Waals surface area contributed by atoms with E-state index in [2.05, 4.69) is 15.3 Å². The van der Waals surface area contributed by atoms with Crippen molar-refractivity contribution in [3.63, 3.8) is 0 Å². The summed E-state index contributed by atoms with van der Waals surface area (Å²) >= 11 is 0. The number of nitrogens with one attached hydrogen (secondary N) is 1. The molecule has 1 saturated carbocycles. The van der Waals surface area contributed by atoms with Crippen molar-refractivity contribution in [2.75, 3.05) is 30.0 Å². The molecule has 1 aliphatic heterocycles. The molecule has 1 aliphatic carbocycles. The van der Waals surface area contributed by atoms with Crippen molar-refractivity contribution in [2.45, 2.75) is 37.8 Å². The van der Waals surface area contributed by atoms with E-state index in [1.165, 1.54) is 24.3 Å². The minimum absolute atomic E-state index is 0.00835. The molecule has 0 bridgehead atoms. The van der Waals surface area contributed by atoms with E-state index in [0.29, 0.717) is 50.1 Å². The van der Waals surface area contributed by atoms with Crippen LogP contribution in [-0.2, 0) is 14.3 Å².